The molecule has 5 N–H and O–H groups in total. The number of H-pyrrole nitrogens is 1. The van der Waals surface area contributed by atoms with Crippen LogP contribution in [0, 0.1) is 0 Å². The molecule has 6 aromatic rings. The van der Waals surface area contributed by atoms with Gasteiger partial charge in [0.25, 0.3) is 0 Å². The van der Waals surface area contributed by atoms with Crippen LogP contribution in [0.1, 0.15) is 30.9 Å². The fourth-order valence-corrected chi connectivity index (χ4v) is 7.31. The van der Waals surface area contributed by atoms with Crippen LogP contribution in [-0.4, -0.2) is 70.1 Å². The van der Waals surface area contributed by atoms with Crippen molar-refractivity contribution < 1.29 is 44.1 Å². The number of aliphatic hydroxyl groups is 1. The van der Waals surface area contributed by atoms with Crippen LogP contribution in [-0.2, 0) is 7.05 Å². The second-order valence-electron chi connectivity index (χ2n) is 12.5. The summed E-state index contributed by atoms with van der Waals surface area (Å²) in [6.07, 6.45) is -1.12. The Morgan fingerprint density at radius 2 is 1.43 bits per heavy atom. The van der Waals surface area contributed by atoms with Gasteiger partial charge in [0, 0.05) is 30.3 Å². The minimum absolute atomic E-state index is 0.0298. The molecule has 1 aliphatic heterocycles. The third-order valence-corrected chi connectivity index (χ3v) is 9.41. The minimum atomic E-state index is -1.58. The molecule has 2 aromatic heterocycles. The average molecular weight is 671 g/mol. The van der Waals surface area contributed by atoms with E-state index in [0.717, 1.165) is 0 Å². The molecule has 0 spiro atoms. The molecule has 3 heterocycles. The second kappa shape index (κ2) is 10.9. The Labute approximate surface area is 278 Å². The second-order valence-corrected chi connectivity index (χ2v) is 12.5. The molecule has 13 nitrogen and oxygen atoms in total. The summed E-state index contributed by atoms with van der Waals surface area (Å²) in [6, 6.07) is 8.78. The van der Waals surface area contributed by atoms with E-state index in [4.69, 9.17) is 23.7 Å². The lowest BCUT2D eigenvalue weighted by atomic mass is 9.79. The molecule has 254 valence electrons. The molecule has 0 radical (unpaired) electrons. The number of aryl methyl sites for hydroxylation is 1. The zero-order valence-electron chi connectivity index (χ0n) is 27.7. The van der Waals surface area contributed by atoms with Gasteiger partial charge in [0.1, 0.15) is 29.1 Å². The Morgan fingerprint density at radius 1 is 0.776 bits per heavy atom. The van der Waals surface area contributed by atoms with Crippen molar-refractivity contribution in [1.82, 2.24) is 9.55 Å². The maximum absolute atomic E-state index is 14.2. The highest BCUT2D eigenvalue weighted by molar-refractivity contribution is 6.03. The SMILES string of the molecule is COc1cc2[nH]c3c(OC)c(OC)ccc3c(=O)c2c(O)c1C1c2c(cc(O)c3c(=O)c4ccc(O)c(OC)c4n(C)c23)OC1C(C)(C)O. The Hall–Kier alpha value is -5.82. The number of rotatable bonds is 6. The Morgan fingerprint density at radius 3 is 2.06 bits per heavy atom. The molecule has 2 atom stereocenters. The molecular formula is C36H34N2O11. The lowest BCUT2D eigenvalue weighted by Crippen LogP contribution is -2.42. The number of hydrogen-bond donors (Lipinski definition) is 5. The quantitative estimate of drug-likeness (QED) is 0.157. The van der Waals surface area contributed by atoms with Crippen LogP contribution >= 0.6 is 0 Å². The number of nitrogens with zero attached hydrogens (tertiary/aromatic N) is 1. The molecule has 0 aliphatic carbocycles. The predicted molar refractivity (Wildman–Crippen MR) is 183 cm³/mol. The maximum atomic E-state index is 14.2. The van der Waals surface area contributed by atoms with Crippen LogP contribution in [0.5, 0.6) is 46.0 Å². The van der Waals surface area contributed by atoms with Crippen molar-refractivity contribution in [2.75, 3.05) is 28.4 Å². The first-order valence-electron chi connectivity index (χ1n) is 15.3. The van der Waals surface area contributed by atoms with E-state index in [0.29, 0.717) is 22.6 Å². The van der Waals surface area contributed by atoms with Crippen LogP contribution in [0.4, 0.5) is 0 Å². The Kier molecular flexibility index (Phi) is 7.04. The number of nitrogens with one attached hydrogen (secondary N) is 1. The standard InChI is InChI=1S/C36H34N2O11/c1-36(2,44)35-26(24-21(49-35)13-18(40)23-29(24)38(3)28-15(31(23)42)8-10-17(39)33(28)47-6)25-20(46-5)12-16-22(32(25)43)30(41)14-9-11-19(45-4)34(48-7)27(14)37-16/h8-13,26,35,39-40,43-44H,1-7H3,(H,37,41). The van der Waals surface area contributed by atoms with Gasteiger partial charge in [-0.2, -0.15) is 0 Å². The van der Waals surface area contributed by atoms with Gasteiger partial charge in [0.15, 0.2) is 23.0 Å². The summed E-state index contributed by atoms with van der Waals surface area (Å²) >= 11 is 0. The molecule has 2 unspecified atom stereocenters. The van der Waals surface area contributed by atoms with E-state index < -0.39 is 34.2 Å². The van der Waals surface area contributed by atoms with E-state index >= 15 is 0 Å². The Bertz CT molecular complexity index is 2510. The Balaban J connectivity index is 1.65. The fourth-order valence-electron chi connectivity index (χ4n) is 7.31. The average Bonchev–Trinajstić information content (AvgIpc) is 3.44. The van der Waals surface area contributed by atoms with Crippen molar-refractivity contribution in [3.05, 3.63) is 68.0 Å². The largest absolute Gasteiger partial charge is 0.507 e. The topological polar surface area (TPSA) is 182 Å². The molecule has 0 bridgehead atoms. The van der Waals surface area contributed by atoms with Gasteiger partial charge in [-0.05, 0) is 38.1 Å². The van der Waals surface area contributed by atoms with Crippen molar-refractivity contribution in [3.63, 3.8) is 0 Å². The number of hydrogen-bond acceptors (Lipinski definition) is 11. The molecule has 0 fully saturated rings. The molecule has 0 saturated carbocycles. The van der Waals surface area contributed by atoms with Crippen LogP contribution in [0.3, 0.4) is 0 Å². The lowest BCUT2D eigenvalue weighted by molar-refractivity contribution is -0.0300. The van der Waals surface area contributed by atoms with Crippen LogP contribution in [0.25, 0.3) is 43.6 Å². The molecule has 1 aliphatic rings. The van der Waals surface area contributed by atoms with E-state index in [2.05, 4.69) is 4.98 Å². The minimum Gasteiger partial charge on any atom is -0.507 e. The number of benzene rings is 4. The van der Waals surface area contributed by atoms with Crippen molar-refractivity contribution >= 4 is 43.6 Å². The highest BCUT2D eigenvalue weighted by atomic mass is 16.5. The highest BCUT2D eigenvalue weighted by Crippen LogP contribution is 2.55. The van der Waals surface area contributed by atoms with Gasteiger partial charge in [-0.1, -0.05) is 0 Å². The van der Waals surface area contributed by atoms with E-state index in [1.54, 1.807) is 29.8 Å². The summed E-state index contributed by atoms with van der Waals surface area (Å²) in [4.78, 5) is 31.4. The molecule has 0 amide bonds. The lowest BCUT2D eigenvalue weighted by Gasteiger charge is -2.31. The first kappa shape index (κ1) is 31.8. The number of phenols is 3. The summed E-state index contributed by atoms with van der Waals surface area (Å²) in [6.45, 7) is 3.05. The summed E-state index contributed by atoms with van der Waals surface area (Å²) in [5, 5.41) is 45.9. The normalized spacial score (nSPS) is 15.9. The number of aromatic nitrogens is 2. The monoisotopic (exact) mass is 670 g/mol. The third-order valence-electron chi connectivity index (χ3n) is 9.41. The van der Waals surface area contributed by atoms with Crippen molar-refractivity contribution in [2.45, 2.75) is 31.5 Å². The van der Waals surface area contributed by atoms with Crippen molar-refractivity contribution in [1.29, 1.82) is 0 Å². The van der Waals surface area contributed by atoms with Crippen LogP contribution < -0.4 is 34.5 Å². The van der Waals surface area contributed by atoms with Crippen LogP contribution in [0.2, 0.25) is 0 Å². The van der Waals surface area contributed by atoms with E-state index in [1.165, 1.54) is 60.5 Å². The fraction of sp³-hybridized carbons (Fsp3) is 0.278. The number of methoxy groups -OCH3 is 4. The summed E-state index contributed by atoms with van der Waals surface area (Å²) in [5.41, 5.74) is -1.21. The van der Waals surface area contributed by atoms with Gasteiger partial charge < -0.3 is 53.7 Å². The molecular weight excluding hydrogens is 636 g/mol. The summed E-state index contributed by atoms with van der Waals surface area (Å²) in [7, 11) is 7.32. The number of fused-ring (bicyclic) bond motifs is 6. The summed E-state index contributed by atoms with van der Waals surface area (Å²) < 4.78 is 30.3. The van der Waals surface area contributed by atoms with Crippen LogP contribution in [0.15, 0.2) is 46.0 Å². The van der Waals surface area contributed by atoms with Gasteiger partial charge in [0.2, 0.25) is 10.9 Å². The molecule has 4 aromatic carbocycles. The number of phenolic OH excluding ortho intramolecular Hbond substituents is 3. The smallest absolute Gasteiger partial charge is 0.201 e. The van der Waals surface area contributed by atoms with Crippen molar-refractivity contribution in [3.8, 4) is 46.0 Å². The first-order valence-corrected chi connectivity index (χ1v) is 15.3. The number of aromatic hydroxyl groups is 3. The summed E-state index contributed by atoms with van der Waals surface area (Å²) in [5.74, 6) is -1.11. The van der Waals surface area contributed by atoms with Gasteiger partial charge in [-0.15, -0.1) is 0 Å². The van der Waals surface area contributed by atoms with Gasteiger partial charge >= 0.3 is 0 Å². The predicted octanol–water partition coefficient (Wildman–Crippen LogP) is 4.50. The zero-order chi connectivity index (χ0) is 35.3. The van der Waals surface area contributed by atoms with E-state index in [9.17, 15) is 30.0 Å². The van der Waals surface area contributed by atoms with Gasteiger partial charge in [-0.25, -0.2) is 0 Å². The zero-order valence-corrected chi connectivity index (χ0v) is 27.7. The van der Waals surface area contributed by atoms with E-state index in [1.807, 2.05) is 0 Å². The molecule has 13 heteroatoms. The molecule has 7 rings (SSSR count). The van der Waals surface area contributed by atoms with E-state index in [-0.39, 0.29) is 72.4 Å². The number of pyridine rings is 2. The highest BCUT2D eigenvalue weighted by Gasteiger charge is 2.48. The van der Waals surface area contributed by atoms with Gasteiger partial charge in [-0.3, -0.25) is 9.59 Å². The molecule has 49 heavy (non-hydrogen) atoms. The maximum Gasteiger partial charge on any atom is 0.201 e. The molecule has 0 saturated heterocycles. The third kappa shape index (κ3) is 4.28. The number of aromatic amines is 1. The number of ether oxygens (including phenoxy) is 5. The first-order chi connectivity index (χ1) is 23.3. The van der Waals surface area contributed by atoms with Crippen molar-refractivity contribution in [2.24, 2.45) is 7.05 Å². The van der Waals surface area contributed by atoms with Gasteiger partial charge in [0.05, 0.1) is 83.6 Å².